The lowest BCUT2D eigenvalue weighted by Crippen LogP contribution is -2.30. The van der Waals surface area contributed by atoms with E-state index in [-0.39, 0.29) is 0 Å². The van der Waals surface area contributed by atoms with Crippen LogP contribution in [0, 0.1) is 0 Å². The van der Waals surface area contributed by atoms with E-state index in [1.54, 1.807) is 6.07 Å². The van der Waals surface area contributed by atoms with Gasteiger partial charge in [0.1, 0.15) is 6.29 Å². The number of nitrogens with zero attached hydrogens (tertiary/aromatic N) is 1. The fraction of sp³-hybridized carbons (Fsp3) is 0.417. The lowest BCUT2D eigenvalue weighted by Gasteiger charge is -2.29. The van der Waals surface area contributed by atoms with E-state index >= 15 is 0 Å². The van der Waals surface area contributed by atoms with Crippen molar-refractivity contribution in [3.8, 4) is 0 Å². The minimum absolute atomic E-state index is 0.699. The van der Waals surface area contributed by atoms with Gasteiger partial charge in [0.25, 0.3) is 0 Å². The van der Waals surface area contributed by atoms with Crippen molar-refractivity contribution in [2.24, 2.45) is 0 Å². The SMILES string of the molecule is Nc1ccc(C=O)cc1N1CCCCC1. The first-order chi connectivity index (χ1) is 7.31. The van der Waals surface area contributed by atoms with Crippen molar-refractivity contribution in [1.82, 2.24) is 0 Å². The molecule has 0 atom stereocenters. The van der Waals surface area contributed by atoms with Gasteiger partial charge in [0.15, 0.2) is 0 Å². The zero-order chi connectivity index (χ0) is 10.7. The third-order valence-electron chi connectivity index (χ3n) is 2.89. The Labute approximate surface area is 89.9 Å². The van der Waals surface area contributed by atoms with Crippen LogP contribution < -0.4 is 10.6 Å². The van der Waals surface area contributed by atoms with Crippen LogP contribution in [0.2, 0.25) is 0 Å². The van der Waals surface area contributed by atoms with Gasteiger partial charge in [0.2, 0.25) is 0 Å². The van der Waals surface area contributed by atoms with E-state index < -0.39 is 0 Å². The molecule has 3 nitrogen and oxygen atoms in total. The molecule has 1 saturated heterocycles. The van der Waals surface area contributed by atoms with E-state index in [0.29, 0.717) is 5.56 Å². The molecule has 0 amide bonds. The second-order valence-electron chi connectivity index (χ2n) is 3.98. The van der Waals surface area contributed by atoms with Gasteiger partial charge in [-0.1, -0.05) is 0 Å². The van der Waals surface area contributed by atoms with Crippen LogP contribution in [0.4, 0.5) is 11.4 Å². The predicted molar refractivity (Wildman–Crippen MR) is 62.3 cm³/mol. The number of hydrogen-bond acceptors (Lipinski definition) is 3. The van der Waals surface area contributed by atoms with Gasteiger partial charge < -0.3 is 10.6 Å². The molecule has 15 heavy (non-hydrogen) atoms. The Hall–Kier alpha value is -1.51. The number of piperidine rings is 1. The Morgan fingerprint density at radius 2 is 1.93 bits per heavy atom. The van der Waals surface area contributed by atoms with E-state index in [9.17, 15) is 4.79 Å². The minimum Gasteiger partial charge on any atom is -0.397 e. The summed E-state index contributed by atoms with van der Waals surface area (Å²) in [6.45, 7) is 2.10. The summed E-state index contributed by atoms with van der Waals surface area (Å²) < 4.78 is 0. The zero-order valence-corrected chi connectivity index (χ0v) is 8.78. The lowest BCUT2D eigenvalue weighted by atomic mass is 10.1. The van der Waals surface area contributed by atoms with Crippen LogP contribution in [0.3, 0.4) is 0 Å². The highest BCUT2D eigenvalue weighted by molar-refractivity contribution is 5.81. The molecular weight excluding hydrogens is 188 g/mol. The number of carbonyl (C=O) groups is 1. The van der Waals surface area contributed by atoms with E-state index in [0.717, 1.165) is 30.8 Å². The van der Waals surface area contributed by atoms with Crippen LogP contribution in [-0.2, 0) is 0 Å². The van der Waals surface area contributed by atoms with Gasteiger partial charge in [-0.15, -0.1) is 0 Å². The molecule has 1 aliphatic rings. The fourth-order valence-electron chi connectivity index (χ4n) is 2.04. The number of anilines is 2. The highest BCUT2D eigenvalue weighted by Gasteiger charge is 2.13. The summed E-state index contributed by atoms with van der Waals surface area (Å²) in [5.41, 5.74) is 8.40. The molecule has 1 fully saturated rings. The first-order valence-corrected chi connectivity index (χ1v) is 5.41. The van der Waals surface area contributed by atoms with Gasteiger partial charge in [-0.05, 0) is 37.5 Å². The summed E-state index contributed by atoms with van der Waals surface area (Å²) in [6, 6.07) is 5.46. The standard InChI is InChI=1S/C12H16N2O/c13-11-5-4-10(9-15)8-12(11)14-6-2-1-3-7-14/h4-5,8-9H,1-3,6-7,13H2. The Bertz CT molecular complexity index is 357. The van der Waals surface area contributed by atoms with E-state index in [4.69, 9.17) is 5.73 Å². The molecule has 2 rings (SSSR count). The topological polar surface area (TPSA) is 46.3 Å². The van der Waals surface area contributed by atoms with Crippen LogP contribution in [0.1, 0.15) is 29.6 Å². The molecule has 0 bridgehead atoms. The molecule has 1 heterocycles. The van der Waals surface area contributed by atoms with Crippen LogP contribution in [0.25, 0.3) is 0 Å². The summed E-state index contributed by atoms with van der Waals surface area (Å²) in [5.74, 6) is 0. The summed E-state index contributed by atoms with van der Waals surface area (Å²) in [4.78, 5) is 13.0. The van der Waals surface area contributed by atoms with E-state index in [1.807, 2.05) is 12.1 Å². The molecule has 0 radical (unpaired) electrons. The normalized spacial score (nSPS) is 16.4. The van der Waals surface area contributed by atoms with Gasteiger partial charge in [-0.3, -0.25) is 4.79 Å². The van der Waals surface area contributed by atoms with Crippen LogP contribution >= 0.6 is 0 Å². The van der Waals surface area contributed by atoms with Crippen LogP contribution in [0.15, 0.2) is 18.2 Å². The van der Waals surface area contributed by atoms with E-state index in [2.05, 4.69) is 4.90 Å². The second kappa shape index (κ2) is 4.34. The molecule has 0 aromatic heterocycles. The monoisotopic (exact) mass is 204 g/mol. The van der Waals surface area contributed by atoms with Gasteiger partial charge >= 0.3 is 0 Å². The Morgan fingerprint density at radius 3 is 2.60 bits per heavy atom. The molecule has 1 aromatic carbocycles. The molecule has 1 aromatic rings. The Kier molecular flexibility index (Phi) is 2.90. The van der Waals surface area contributed by atoms with E-state index in [1.165, 1.54) is 19.3 Å². The van der Waals surface area contributed by atoms with Crippen molar-refractivity contribution >= 4 is 17.7 Å². The fourth-order valence-corrected chi connectivity index (χ4v) is 2.04. The third kappa shape index (κ3) is 2.12. The van der Waals surface area contributed by atoms with Crippen LogP contribution in [0.5, 0.6) is 0 Å². The molecule has 3 heteroatoms. The maximum absolute atomic E-state index is 10.7. The van der Waals surface area contributed by atoms with Crippen molar-refractivity contribution < 1.29 is 4.79 Å². The van der Waals surface area contributed by atoms with Crippen LogP contribution in [-0.4, -0.2) is 19.4 Å². The molecule has 2 N–H and O–H groups in total. The molecule has 0 spiro atoms. The predicted octanol–water partition coefficient (Wildman–Crippen LogP) is 2.07. The Morgan fingerprint density at radius 1 is 1.20 bits per heavy atom. The van der Waals surface area contributed by atoms with Gasteiger partial charge in [0.05, 0.1) is 11.4 Å². The molecule has 0 saturated carbocycles. The molecular formula is C12H16N2O. The highest BCUT2D eigenvalue weighted by Crippen LogP contribution is 2.26. The van der Waals surface area contributed by atoms with Crippen molar-refractivity contribution in [3.63, 3.8) is 0 Å². The van der Waals surface area contributed by atoms with Crippen molar-refractivity contribution in [1.29, 1.82) is 0 Å². The maximum Gasteiger partial charge on any atom is 0.150 e. The first kappa shape index (κ1) is 10.0. The van der Waals surface area contributed by atoms with Crippen molar-refractivity contribution in [3.05, 3.63) is 23.8 Å². The number of benzene rings is 1. The summed E-state index contributed by atoms with van der Waals surface area (Å²) >= 11 is 0. The van der Waals surface area contributed by atoms with Gasteiger partial charge in [-0.2, -0.15) is 0 Å². The lowest BCUT2D eigenvalue weighted by molar-refractivity contribution is 0.112. The first-order valence-electron chi connectivity index (χ1n) is 5.41. The third-order valence-corrected chi connectivity index (χ3v) is 2.89. The minimum atomic E-state index is 0.699. The summed E-state index contributed by atoms with van der Waals surface area (Å²) in [6.07, 6.45) is 4.59. The number of nitrogens with two attached hydrogens (primary N) is 1. The molecule has 0 aliphatic carbocycles. The quantitative estimate of drug-likeness (QED) is 0.592. The molecule has 80 valence electrons. The number of rotatable bonds is 2. The highest BCUT2D eigenvalue weighted by atomic mass is 16.1. The number of hydrogen-bond donors (Lipinski definition) is 1. The Balaban J connectivity index is 2.28. The summed E-state index contributed by atoms with van der Waals surface area (Å²) in [7, 11) is 0. The van der Waals surface area contributed by atoms with Gasteiger partial charge in [0, 0.05) is 18.7 Å². The van der Waals surface area contributed by atoms with Crippen molar-refractivity contribution in [2.75, 3.05) is 23.7 Å². The number of carbonyl (C=O) groups excluding carboxylic acids is 1. The number of nitrogen functional groups attached to an aromatic ring is 1. The number of aldehydes is 1. The average molecular weight is 204 g/mol. The summed E-state index contributed by atoms with van der Waals surface area (Å²) in [5, 5.41) is 0. The molecule has 0 unspecified atom stereocenters. The smallest absolute Gasteiger partial charge is 0.150 e. The second-order valence-corrected chi connectivity index (χ2v) is 3.98. The van der Waals surface area contributed by atoms with Crippen molar-refractivity contribution in [2.45, 2.75) is 19.3 Å². The zero-order valence-electron chi connectivity index (χ0n) is 8.78. The van der Waals surface area contributed by atoms with Gasteiger partial charge in [-0.25, -0.2) is 0 Å². The maximum atomic E-state index is 10.7. The molecule has 1 aliphatic heterocycles. The largest absolute Gasteiger partial charge is 0.397 e. The average Bonchev–Trinajstić information content (AvgIpc) is 2.31.